The fourth-order valence-corrected chi connectivity index (χ4v) is 3.65. The zero-order chi connectivity index (χ0) is 19.4. The van der Waals surface area contributed by atoms with E-state index in [1.165, 1.54) is 24.0 Å². The highest BCUT2D eigenvalue weighted by Gasteiger charge is 2.47. The number of nitrogens with one attached hydrogen (secondary N) is 1. The van der Waals surface area contributed by atoms with Crippen LogP contribution >= 0.6 is 0 Å². The van der Waals surface area contributed by atoms with E-state index in [0.29, 0.717) is 12.3 Å². The predicted molar refractivity (Wildman–Crippen MR) is 107 cm³/mol. The standard InChI is InChI=1S/C20H25N.CH4O3S/c1-19(2,3)21-18-14-20(15-18,16-10-6-4-7-11-16)17-12-8-5-9-13-17;1-5(2,3)4/h4-13,18,21H,14-15H2,1-3H3;1H3,(H,2,3,4). The van der Waals surface area contributed by atoms with Crippen LogP contribution in [0, 0.1) is 0 Å². The lowest BCUT2D eigenvalue weighted by Gasteiger charge is -2.51. The molecule has 2 aromatic carbocycles. The van der Waals surface area contributed by atoms with Crippen LogP contribution < -0.4 is 5.32 Å². The van der Waals surface area contributed by atoms with E-state index in [1.807, 2.05) is 0 Å². The Balaban J connectivity index is 0.000000431. The molecule has 0 unspecified atom stereocenters. The molecule has 0 saturated heterocycles. The quantitative estimate of drug-likeness (QED) is 0.795. The van der Waals surface area contributed by atoms with Crippen molar-refractivity contribution in [2.75, 3.05) is 6.26 Å². The lowest BCUT2D eigenvalue weighted by molar-refractivity contribution is 0.176. The highest BCUT2D eigenvalue weighted by molar-refractivity contribution is 7.85. The van der Waals surface area contributed by atoms with Gasteiger partial charge < -0.3 is 5.32 Å². The summed E-state index contributed by atoms with van der Waals surface area (Å²) in [5.41, 5.74) is 3.27. The van der Waals surface area contributed by atoms with Gasteiger partial charge in [-0.1, -0.05) is 60.7 Å². The number of benzene rings is 2. The molecule has 1 saturated carbocycles. The normalized spacial score (nSPS) is 17.0. The van der Waals surface area contributed by atoms with Gasteiger partial charge in [0.15, 0.2) is 0 Å². The van der Waals surface area contributed by atoms with Crippen molar-refractivity contribution in [2.24, 2.45) is 0 Å². The Kier molecular flexibility index (Phi) is 6.27. The van der Waals surface area contributed by atoms with E-state index in [4.69, 9.17) is 4.55 Å². The molecule has 0 aliphatic heterocycles. The first-order valence-corrected chi connectivity index (χ1v) is 10.7. The Morgan fingerprint density at radius 1 is 0.923 bits per heavy atom. The van der Waals surface area contributed by atoms with E-state index < -0.39 is 10.1 Å². The molecule has 2 aromatic rings. The molecule has 5 heteroatoms. The van der Waals surface area contributed by atoms with Crippen LogP contribution in [0.1, 0.15) is 44.7 Å². The second-order valence-electron chi connectivity index (χ2n) is 8.05. The molecule has 0 amide bonds. The molecule has 3 rings (SSSR count). The Bertz CT molecular complexity index is 741. The van der Waals surface area contributed by atoms with Crippen molar-refractivity contribution in [2.45, 2.75) is 50.6 Å². The topological polar surface area (TPSA) is 66.4 Å². The van der Waals surface area contributed by atoms with Crippen LogP contribution in [0.3, 0.4) is 0 Å². The Hall–Kier alpha value is -1.69. The van der Waals surface area contributed by atoms with Crippen LogP contribution in [-0.4, -0.2) is 30.8 Å². The predicted octanol–water partition coefficient (Wildman–Crippen LogP) is 4.03. The van der Waals surface area contributed by atoms with Gasteiger partial charge in [-0.05, 0) is 44.7 Å². The maximum atomic E-state index is 9.19. The number of hydrogen-bond acceptors (Lipinski definition) is 3. The second-order valence-corrected chi connectivity index (χ2v) is 9.51. The van der Waals surface area contributed by atoms with E-state index in [0.717, 1.165) is 0 Å². The number of rotatable bonds is 3. The summed E-state index contributed by atoms with van der Waals surface area (Å²) in [5.74, 6) is 0. The van der Waals surface area contributed by atoms with Crippen molar-refractivity contribution in [1.29, 1.82) is 0 Å². The van der Waals surface area contributed by atoms with Crippen LogP contribution in [0.15, 0.2) is 60.7 Å². The lowest BCUT2D eigenvalue weighted by Crippen LogP contribution is -2.56. The monoisotopic (exact) mass is 375 g/mol. The van der Waals surface area contributed by atoms with Gasteiger partial charge in [0.05, 0.1) is 6.26 Å². The highest BCUT2D eigenvalue weighted by atomic mass is 32.2. The maximum absolute atomic E-state index is 9.19. The first-order chi connectivity index (χ1) is 12.0. The van der Waals surface area contributed by atoms with Crippen LogP contribution in [0.5, 0.6) is 0 Å². The molecular weight excluding hydrogens is 346 g/mol. The molecule has 1 aliphatic carbocycles. The van der Waals surface area contributed by atoms with Gasteiger partial charge in [-0.3, -0.25) is 4.55 Å². The highest BCUT2D eigenvalue weighted by Crippen LogP contribution is 2.49. The molecule has 0 spiro atoms. The summed E-state index contributed by atoms with van der Waals surface area (Å²) >= 11 is 0. The van der Waals surface area contributed by atoms with Gasteiger partial charge in [0.25, 0.3) is 10.1 Å². The summed E-state index contributed by atoms with van der Waals surface area (Å²) in [7, 11) is -3.67. The van der Waals surface area contributed by atoms with E-state index in [1.54, 1.807) is 0 Å². The van der Waals surface area contributed by atoms with Crippen LogP contribution in [0.4, 0.5) is 0 Å². The third-order valence-corrected chi connectivity index (χ3v) is 4.48. The summed E-state index contributed by atoms with van der Waals surface area (Å²) in [6.45, 7) is 6.74. The Labute approximate surface area is 157 Å². The van der Waals surface area contributed by atoms with Gasteiger partial charge in [0.2, 0.25) is 0 Å². The maximum Gasteiger partial charge on any atom is 0.261 e. The van der Waals surface area contributed by atoms with Crippen molar-refractivity contribution in [3.63, 3.8) is 0 Å². The Morgan fingerprint density at radius 2 is 1.27 bits per heavy atom. The minimum Gasteiger partial charge on any atom is -0.309 e. The molecule has 0 radical (unpaired) electrons. The van der Waals surface area contributed by atoms with Gasteiger partial charge in [-0.2, -0.15) is 8.42 Å². The minimum atomic E-state index is -3.67. The molecule has 4 nitrogen and oxygen atoms in total. The van der Waals surface area contributed by atoms with Crippen molar-refractivity contribution < 1.29 is 13.0 Å². The van der Waals surface area contributed by atoms with Gasteiger partial charge in [0.1, 0.15) is 0 Å². The fraction of sp³-hybridized carbons (Fsp3) is 0.429. The van der Waals surface area contributed by atoms with Crippen LogP contribution in [-0.2, 0) is 15.5 Å². The molecule has 26 heavy (non-hydrogen) atoms. The number of hydrogen-bond donors (Lipinski definition) is 2. The van der Waals surface area contributed by atoms with Gasteiger partial charge in [-0.15, -0.1) is 0 Å². The third kappa shape index (κ3) is 5.94. The van der Waals surface area contributed by atoms with E-state index in [-0.39, 0.29) is 11.0 Å². The van der Waals surface area contributed by atoms with Gasteiger partial charge >= 0.3 is 0 Å². The molecule has 0 atom stereocenters. The smallest absolute Gasteiger partial charge is 0.261 e. The zero-order valence-corrected chi connectivity index (χ0v) is 16.8. The lowest BCUT2D eigenvalue weighted by atomic mass is 9.58. The summed E-state index contributed by atoms with van der Waals surface area (Å²) in [5, 5.41) is 3.75. The van der Waals surface area contributed by atoms with Crippen molar-refractivity contribution in [3.05, 3.63) is 71.8 Å². The summed E-state index contributed by atoms with van der Waals surface area (Å²) < 4.78 is 25.9. The molecule has 2 N–H and O–H groups in total. The van der Waals surface area contributed by atoms with Crippen molar-refractivity contribution >= 4 is 10.1 Å². The fourth-order valence-electron chi connectivity index (χ4n) is 3.65. The van der Waals surface area contributed by atoms with E-state index >= 15 is 0 Å². The minimum absolute atomic E-state index is 0.185. The molecule has 0 heterocycles. The largest absolute Gasteiger partial charge is 0.309 e. The van der Waals surface area contributed by atoms with E-state index in [2.05, 4.69) is 86.8 Å². The third-order valence-electron chi connectivity index (χ3n) is 4.48. The zero-order valence-electron chi connectivity index (χ0n) is 15.9. The molecule has 142 valence electrons. The van der Waals surface area contributed by atoms with Crippen molar-refractivity contribution in [3.8, 4) is 0 Å². The molecular formula is C21H29NO3S. The van der Waals surface area contributed by atoms with Crippen LogP contribution in [0.2, 0.25) is 0 Å². The molecule has 1 fully saturated rings. The molecule has 0 aromatic heterocycles. The first-order valence-electron chi connectivity index (χ1n) is 8.81. The summed E-state index contributed by atoms with van der Waals surface area (Å²) in [6, 6.07) is 22.5. The summed E-state index contributed by atoms with van der Waals surface area (Å²) in [6.07, 6.45) is 3.07. The van der Waals surface area contributed by atoms with Gasteiger partial charge in [-0.25, -0.2) is 0 Å². The van der Waals surface area contributed by atoms with Crippen LogP contribution in [0.25, 0.3) is 0 Å². The average Bonchev–Trinajstić information content (AvgIpc) is 2.49. The SMILES string of the molecule is CC(C)(C)NC1CC(c2ccccc2)(c2ccccc2)C1.CS(=O)(=O)O. The van der Waals surface area contributed by atoms with E-state index in [9.17, 15) is 8.42 Å². The average molecular weight is 376 g/mol. The van der Waals surface area contributed by atoms with Crippen molar-refractivity contribution in [1.82, 2.24) is 5.32 Å². The molecule has 0 bridgehead atoms. The second kappa shape index (κ2) is 7.91. The molecule has 1 aliphatic rings. The summed E-state index contributed by atoms with van der Waals surface area (Å²) in [4.78, 5) is 0. The first kappa shape index (κ1) is 20.6. The Morgan fingerprint density at radius 3 is 1.58 bits per heavy atom. The van der Waals surface area contributed by atoms with Gasteiger partial charge in [0, 0.05) is 17.0 Å².